The highest BCUT2D eigenvalue weighted by Gasteiger charge is 2.31. The number of nitrogens with zero attached hydrogens (tertiary/aromatic N) is 3. The molecule has 0 bridgehead atoms. The average Bonchev–Trinajstić information content (AvgIpc) is 2.78. The van der Waals surface area contributed by atoms with Gasteiger partial charge in [-0.25, -0.2) is 13.3 Å². The first-order chi connectivity index (χ1) is 14.9. The zero-order chi connectivity index (χ0) is 22.4. The van der Waals surface area contributed by atoms with Gasteiger partial charge in [-0.05, 0) is 36.8 Å². The molecule has 3 rings (SSSR count). The molecule has 1 heterocycles. The monoisotopic (exact) mass is 436 g/mol. The van der Waals surface area contributed by atoms with Crippen molar-refractivity contribution in [1.82, 2.24) is 4.98 Å². The molecule has 9 heteroatoms. The molecular formula is C22H20N4O4S. The molecule has 1 aromatic heterocycles. The van der Waals surface area contributed by atoms with Gasteiger partial charge < -0.3 is 10.1 Å². The summed E-state index contributed by atoms with van der Waals surface area (Å²) >= 11 is 0. The average molecular weight is 436 g/mol. The lowest BCUT2D eigenvalue weighted by molar-refractivity contribution is -0.114. The summed E-state index contributed by atoms with van der Waals surface area (Å²) in [6, 6.07) is 14.2. The van der Waals surface area contributed by atoms with Crippen LogP contribution in [0.15, 0.2) is 71.9 Å². The summed E-state index contributed by atoms with van der Waals surface area (Å²) in [5.41, 5.74) is 1.38. The Morgan fingerprint density at radius 2 is 1.97 bits per heavy atom. The third kappa shape index (κ3) is 4.82. The maximum Gasteiger partial charge on any atom is 0.255 e. The Kier molecular flexibility index (Phi) is 6.52. The third-order valence-electron chi connectivity index (χ3n) is 4.39. The molecule has 0 unspecified atom stereocenters. The molecule has 2 aromatic carbocycles. The molecular weight excluding hydrogens is 416 g/mol. The second-order valence-electron chi connectivity index (χ2n) is 6.56. The molecule has 1 amide bonds. The first kappa shape index (κ1) is 21.8. The molecule has 0 aliphatic rings. The summed E-state index contributed by atoms with van der Waals surface area (Å²) < 4.78 is 33.5. The maximum absolute atomic E-state index is 13.6. The van der Waals surface area contributed by atoms with Gasteiger partial charge in [0.15, 0.2) is 0 Å². The minimum Gasteiger partial charge on any atom is -0.495 e. The van der Waals surface area contributed by atoms with Crippen LogP contribution in [-0.2, 0) is 14.8 Å². The topological polar surface area (TPSA) is 93.0 Å². The van der Waals surface area contributed by atoms with Crippen LogP contribution in [0.2, 0.25) is 0 Å². The van der Waals surface area contributed by atoms with Crippen LogP contribution in [0.4, 0.5) is 17.1 Å². The lowest BCUT2D eigenvalue weighted by Gasteiger charge is -2.26. The Labute approximate surface area is 181 Å². The maximum atomic E-state index is 13.6. The van der Waals surface area contributed by atoms with E-state index in [9.17, 15) is 13.2 Å². The van der Waals surface area contributed by atoms with Crippen LogP contribution < -0.4 is 14.4 Å². The van der Waals surface area contributed by atoms with Crippen molar-refractivity contribution in [3.63, 3.8) is 0 Å². The minimum absolute atomic E-state index is 0.0354. The van der Waals surface area contributed by atoms with Crippen LogP contribution in [0.1, 0.15) is 5.56 Å². The summed E-state index contributed by atoms with van der Waals surface area (Å²) in [7, 11) is -2.85. The number of aryl methyl sites for hydroxylation is 1. The Morgan fingerprint density at radius 1 is 1.19 bits per heavy atom. The predicted octanol–water partition coefficient (Wildman–Crippen LogP) is 3.78. The van der Waals surface area contributed by atoms with Crippen molar-refractivity contribution in [2.45, 2.75) is 11.8 Å². The highest BCUT2D eigenvalue weighted by Crippen LogP contribution is 2.35. The lowest BCUT2D eigenvalue weighted by Crippen LogP contribution is -2.38. The number of aromatic nitrogens is 1. The molecule has 158 valence electrons. The number of rotatable bonds is 7. The van der Waals surface area contributed by atoms with Crippen LogP contribution in [-0.4, -0.2) is 33.0 Å². The van der Waals surface area contributed by atoms with E-state index in [0.29, 0.717) is 5.69 Å². The highest BCUT2D eigenvalue weighted by molar-refractivity contribution is 7.93. The first-order valence-corrected chi connectivity index (χ1v) is 10.6. The van der Waals surface area contributed by atoms with E-state index in [1.54, 1.807) is 49.5 Å². The number of carbonyl (C=O) groups excluding carboxylic acids is 1. The number of amides is 1. The minimum atomic E-state index is -4.27. The molecule has 0 radical (unpaired) electrons. The van der Waals surface area contributed by atoms with Gasteiger partial charge in [0.25, 0.3) is 10.0 Å². The van der Waals surface area contributed by atoms with Crippen LogP contribution in [0.3, 0.4) is 0 Å². The second kappa shape index (κ2) is 9.28. The zero-order valence-electron chi connectivity index (χ0n) is 16.9. The van der Waals surface area contributed by atoms with Crippen molar-refractivity contribution in [2.24, 2.45) is 0 Å². The summed E-state index contributed by atoms with van der Waals surface area (Å²) in [4.78, 5) is 19.8. The second-order valence-corrected chi connectivity index (χ2v) is 8.39. The fraction of sp³-hybridized carbons (Fsp3) is 0.136. The Hall–Kier alpha value is -3.90. The molecule has 31 heavy (non-hydrogen) atoms. The van der Waals surface area contributed by atoms with E-state index in [4.69, 9.17) is 11.3 Å². The number of hydrogen-bond acceptors (Lipinski definition) is 5. The van der Waals surface area contributed by atoms with Gasteiger partial charge in [0.1, 0.15) is 12.3 Å². The van der Waals surface area contributed by atoms with Gasteiger partial charge in [0, 0.05) is 6.20 Å². The molecule has 0 fully saturated rings. The van der Waals surface area contributed by atoms with Crippen molar-refractivity contribution < 1.29 is 17.9 Å². The van der Waals surface area contributed by atoms with Gasteiger partial charge in [0.2, 0.25) is 11.6 Å². The van der Waals surface area contributed by atoms with Gasteiger partial charge >= 0.3 is 0 Å². The number of hydrogen-bond donors (Lipinski definition) is 1. The van der Waals surface area contributed by atoms with Crippen molar-refractivity contribution >= 4 is 33.0 Å². The third-order valence-corrected chi connectivity index (χ3v) is 6.20. The van der Waals surface area contributed by atoms with Gasteiger partial charge in [0.05, 0.1) is 36.1 Å². The van der Waals surface area contributed by atoms with E-state index in [0.717, 1.165) is 9.87 Å². The number of nitrogens with one attached hydrogen (secondary N) is 1. The number of ether oxygens (including phenoxy) is 1. The van der Waals surface area contributed by atoms with Crippen LogP contribution in [0.5, 0.6) is 5.75 Å². The van der Waals surface area contributed by atoms with E-state index in [2.05, 4.69) is 15.1 Å². The van der Waals surface area contributed by atoms with Crippen molar-refractivity contribution in [3.8, 4) is 5.75 Å². The van der Waals surface area contributed by atoms with Crippen molar-refractivity contribution in [2.75, 3.05) is 23.3 Å². The fourth-order valence-electron chi connectivity index (χ4n) is 2.95. The van der Waals surface area contributed by atoms with E-state index in [1.807, 2.05) is 0 Å². The number of carbonyl (C=O) groups is 1. The summed E-state index contributed by atoms with van der Waals surface area (Å²) in [6.45, 7) is 8.62. The quantitative estimate of drug-likeness (QED) is 0.569. The van der Waals surface area contributed by atoms with E-state index < -0.39 is 22.5 Å². The standard InChI is InChI=1S/C22H20N4O4S/c1-16-10-11-20(30-3)19(13-16)26(15-22(27)25-17-7-6-12-24-14-17)31(28,29)21-9-5-4-8-18(21)23-2/h4-14H,15H2,1,3H3,(H,25,27). The molecule has 8 nitrogen and oxygen atoms in total. The van der Waals surface area contributed by atoms with E-state index in [1.165, 1.54) is 31.5 Å². The number of anilines is 2. The summed E-state index contributed by atoms with van der Waals surface area (Å²) in [6.07, 6.45) is 3.02. The lowest BCUT2D eigenvalue weighted by atomic mass is 10.2. The normalized spacial score (nSPS) is 10.7. The molecule has 0 spiro atoms. The van der Waals surface area contributed by atoms with Gasteiger partial charge in [-0.1, -0.05) is 30.3 Å². The van der Waals surface area contributed by atoms with Gasteiger partial charge in [-0.2, -0.15) is 0 Å². The van der Waals surface area contributed by atoms with Crippen molar-refractivity contribution in [3.05, 3.63) is 84.0 Å². The Bertz CT molecular complexity index is 1240. The summed E-state index contributed by atoms with van der Waals surface area (Å²) in [5, 5.41) is 2.64. The number of pyridine rings is 1. The molecule has 1 N–H and O–H groups in total. The fourth-order valence-corrected chi connectivity index (χ4v) is 4.50. The number of para-hydroxylation sites is 1. The number of sulfonamides is 1. The largest absolute Gasteiger partial charge is 0.495 e. The van der Waals surface area contributed by atoms with E-state index >= 15 is 0 Å². The smallest absolute Gasteiger partial charge is 0.255 e. The highest BCUT2D eigenvalue weighted by atomic mass is 32.2. The zero-order valence-corrected chi connectivity index (χ0v) is 17.8. The van der Waals surface area contributed by atoms with Crippen LogP contribution in [0, 0.1) is 13.5 Å². The molecule has 0 aliphatic carbocycles. The SMILES string of the molecule is [C-]#[N+]c1ccccc1S(=O)(=O)N(CC(=O)Nc1cccnc1)c1cc(C)ccc1OC. The number of benzene rings is 2. The molecule has 0 atom stereocenters. The predicted molar refractivity (Wildman–Crippen MR) is 118 cm³/mol. The Morgan fingerprint density at radius 3 is 2.65 bits per heavy atom. The van der Waals surface area contributed by atoms with Gasteiger partial charge in [-0.3, -0.25) is 14.1 Å². The molecule has 0 aliphatic heterocycles. The van der Waals surface area contributed by atoms with E-state index in [-0.39, 0.29) is 22.0 Å². The molecule has 3 aromatic rings. The summed E-state index contributed by atoms with van der Waals surface area (Å²) in [5.74, 6) is -0.288. The van der Waals surface area contributed by atoms with Crippen LogP contribution >= 0.6 is 0 Å². The molecule has 0 saturated heterocycles. The molecule has 0 saturated carbocycles. The van der Waals surface area contributed by atoms with Gasteiger partial charge in [-0.15, -0.1) is 0 Å². The first-order valence-electron chi connectivity index (χ1n) is 9.20. The van der Waals surface area contributed by atoms with Crippen molar-refractivity contribution in [1.29, 1.82) is 0 Å². The Balaban J connectivity index is 2.10. The van der Waals surface area contributed by atoms with Crippen LogP contribution in [0.25, 0.3) is 4.85 Å². The number of methoxy groups -OCH3 is 1.